The third-order valence-corrected chi connectivity index (χ3v) is 3.87. The van der Waals surface area contributed by atoms with Crippen molar-refractivity contribution in [1.82, 2.24) is 5.32 Å². The van der Waals surface area contributed by atoms with E-state index in [9.17, 15) is 13.2 Å². The van der Waals surface area contributed by atoms with Gasteiger partial charge in [-0.2, -0.15) is 0 Å². The van der Waals surface area contributed by atoms with Gasteiger partial charge in [0.25, 0.3) is 0 Å². The third kappa shape index (κ3) is 3.41. The van der Waals surface area contributed by atoms with E-state index in [2.05, 4.69) is 21.2 Å². The zero-order valence-electron chi connectivity index (χ0n) is 10.8. The molecule has 0 aliphatic rings. The van der Waals surface area contributed by atoms with Crippen molar-refractivity contribution in [3.63, 3.8) is 0 Å². The predicted molar refractivity (Wildman–Crippen MR) is 76.0 cm³/mol. The van der Waals surface area contributed by atoms with Crippen LogP contribution in [0.25, 0.3) is 0 Å². The van der Waals surface area contributed by atoms with E-state index in [1.165, 1.54) is 24.3 Å². The highest BCUT2D eigenvalue weighted by molar-refractivity contribution is 9.10. The Kier molecular flexibility index (Phi) is 4.83. The monoisotopic (exact) mass is 343 g/mol. The lowest BCUT2D eigenvalue weighted by molar-refractivity contribution is 0.501. The molecule has 2 aromatic carbocycles. The maximum absolute atomic E-state index is 13.3. The minimum absolute atomic E-state index is 0.188. The summed E-state index contributed by atoms with van der Waals surface area (Å²) in [6.45, 7) is 0. The van der Waals surface area contributed by atoms with E-state index in [0.29, 0.717) is 16.5 Å². The Morgan fingerprint density at radius 3 is 2.40 bits per heavy atom. The van der Waals surface area contributed by atoms with E-state index in [1.54, 1.807) is 13.1 Å². The van der Waals surface area contributed by atoms with Gasteiger partial charge in [-0.1, -0.05) is 28.1 Å². The second-order valence-electron chi connectivity index (χ2n) is 4.45. The van der Waals surface area contributed by atoms with E-state index in [1.807, 2.05) is 0 Å². The Balaban J connectivity index is 2.26. The molecule has 1 atom stereocenters. The maximum atomic E-state index is 13.3. The van der Waals surface area contributed by atoms with Crippen molar-refractivity contribution in [3.8, 4) is 0 Å². The van der Waals surface area contributed by atoms with Gasteiger partial charge in [-0.25, -0.2) is 13.2 Å². The number of halogens is 4. The van der Waals surface area contributed by atoms with Crippen molar-refractivity contribution < 1.29 is 13.2 Å². The van der Waals surface area contributed by atoms with E-state index in [0.717, 1.165) is 11.6 Å². The van der Waals surface area contributed by atoms with Crippen LogP contribution in [0.1, 0.15) is 17.2 Å². The molecule has 0 aromatic heterocycles. The molecule has 5 heteroatoms. The topological polar surface area (TPSA) is 12.0 Å². The molecule has 1 unspecified atom stereocenters. The molecule has 0 bridgehead atoms. The van der Waals surface area contributed by atoms with Crippen molar-refractivity contribution in [2.75, 3.05) is 7.05 Å². The number of rotatable bonds is 4. The van der Waals surface area contributed by atoms with Crippen LogP contribution in [-0.2, 0) is 6.42 Å². The first kappa shape index (κ1) is 15.1. The van der Waals surface area contributed by atoms with Gasteiger partial charge in [0, 0.05) is 10.5 Å². The fourth-order valence-corrected chi connectivity index (χ4v) is 2.54. The van der Waals surface area contributed by atoms with Gasteiger partial charge in [0.1, 0.15) is 5.82 Å². The molecule has 0 spiro atoms. The van der Waals surface area contributed by atoms with Crippen LogP contribution in [0.15, 0.2) is 40.9 Å². The second-order valence-corrected chi connectivity index (χ2v) is 5.31. The van der Waals surface area contributed by atoms with Crippen molar-refractivity contribution >= 4 is 15.9 Å². The van der Waals surface area contributed by atoms with Crippen molar-refractivity contribution in [1.29, 1.82) is 0 Å². The molecular weight excluding hydrogens is 331 g/mol. The fraction of sp³-hybridized carbons (Fsp3) is 0.200. The molecule has 2 rings (SSSR count). The third-order valence-electron chi connectivity index (χ3n) is 3.13. The van der Waals surface area contributed by atoms with Gasteiger partial charge in [0.2, 0.25) is 0 Å². The van der Waals surface area contributed by atoms with Crippen LogP contribution < -0.4 is 5.32 Å². The first-order chi connectivity index (χ1) is 9.51. The lowest BCUT2D eigenvalue weighted by Crippen LogP contribution is -2.19. The summed E-state index contributed by atoms with van der Waals surface area (Å²) in [5.74, 6) is -2.07. The molecule has 1 N–H and O–H groups in total. The van der Waals surface area contributed by atoms with Crippen LogP contribution in [-0.4, -0.2) is 7.05 Å². The largest absolute Gasteiger partial charge is 0.313 e. The summed E-state index contributed by atoms with van der Waals surface area (Å²) < 4.78 is 39.9. The van der Waals surface area contributed by atoms with E-state index in [4.69, 9.17) is 0 Å². The van der Waals surface area contributed by atoms with E-state index in [-0.39, 0.29) is 11.9 Å². The summed E-state index contributed by atoms with van der Waals surface area (Å²) in [6, 6.07) is 8.06. The average Bonchev–Trinajstić information content (AvgIpc) is 2.41. The van der Waals surface area contributed by atoms with Gasteiger partial charge in [-0.05, 0) is 48.9 Å². The van der Waals surface area contributed by atoms with Gasteiger partial charge in [-0.3, -0.25) is 0 Å². The predicted octanol–water partition coefficient (Wildman–Crippen LogP) is 4.37. The zero-order chi connectivity index (χ0) is 14.7. The van der Waals surface area contributed by atoms with Crippen molar-refractivity contribution in [2.45, 2.75) is 12.5 Å². The lowest BCUT2D eigenvalue weighted by Gasteiger charge is -2.18. The molecule has 2 aromatic rings. The Bertz CT molecular complexity index is 616. The number of hydrogen-bond acceptors (Lipinski definition) is 1. The van der Waals surface area contributed by atoms with Gasteiger partial charge >= 0.3 is 0 Å². The minimum Gasteiger partial charge on any atom is -0.313 e. The van der Waals surface area contributed by atoms with Gasteiger partial charge in [-0.15, -0.1) is 0 Å². The number of hydrogen-bond donors (Lipinski definition) is 1. The highest BCUT2D eigenvalue weighted by Crippen LogP contribution is 2.25. The Morgan fingerprint density at radius 1 is 1.05 bits per heavy atom. The maximum Gasteiger partial charge on any atom is 0.159 e. The average molecular weight is 344 g/mol. The van der Waals surface area contributed by atoms with Crippen LogP contribution in [0, 0.1) is 17.5 Å². The molecule has 0 fully saturated rings. The molecular formula is C15H13BrF3N. The smallest absolute Gasteiger partial charge is 0.159 e. The van der Waals surface area contributed by atoms with Crippen LogP contribution in [0.2, 0.25) is 0 Å². The van der Waals surface area contributed by atoms with Gasteiger partial charge in [0.05, 0.1) is 0 Å². The quantitative estimate of drug-likeness (QED) is 0.869. The summed E-state index contributed by atoms with van der Waals surface area (Å²) in [4.78, 5) is 0. The summed E-state index contributed by atoms with van der Waals surface area (Å²) >= 11 is 3.30. The first-order valence-electron chi connectivity index (χ1n) is 6.07. The molecule has 20 heavy (non-hydrogen) atoms. The highest BCUT2D eigenvalue weighted by atomic mass is 79.9. The highest BCUT2D eigenvalue weighted by Gasteiger charge is 2.14. The fourth-order valence-electron chi connectivity index (χ4n) is 2.02. The van der Waals surface area contributed by atoms with Crippen molar-refractivity contribution in [2.24, 2.45) is 0 Å². The number of nitrogens with one attached hydrogen (secondary N) is 1. The van der Waals surface area contributed by atoms with Crippen LogP contribution >= 0.6 is 15.9 Å². The van der Waals surface area contributed by atoms with Gasteiger partial charge < -0.3 is 5.32 Å². The molecule has 0 amide bonds. The first-order valence-corrected chi connectivity index (χ1v) is 6.86. The normalized spacial score (nSPS) is 12.4. The Morgan fingerprint density at radius 2 is 1.80 bits per heavy atom. The van der Waals surface area contributed by atoms with Crippen LogP contribution in [0.4, 0.5) is 13.2 Å². The van der Waals surface area contributed by atoms with Crippen LogP contribution in [0.5, 0.6) is 0 Å². The number of benzene rings is 2. The molecule has 1 nitrogen and oxygen atoms in total. The minimum atomic E-state index is -0.874. The number of likely N-dealkylation sites (N-methyl/N-ethyl adjacent to an activating group) is 1. The molecule has 0 radical (unpaired) electrons. The molecule has 106 valence electrons. The summed E-state index contributed by atoms with van der Waals surface area (Å²) in [6.07, 6.45) is 0.530. The molecule has 0 saturated heterocycles. The van der Waals surface area contributed by atoms with Gasteiger partial charge in [0.15, 0.2) is 11.6 Å². The molecule has 0 aliphatic carbocycles. The SMILES string of the molecule is CNC(Cc1ccc(F)cc1Br)c1ccc(F)c(F)c1. The van der Waals surface area contributed by atoms with E-state index < -0.39 is 11.6 Å². The molecule has 0 saturated carbocycles. The molecule has 0 heterocycles. The second kappa shape index (κ2) is 6.41. The summed E-state index contributed by atoms with van der Waals surface area (Å²) in [5.41, 5.74) is 1.53. The standard InChI is InChI=1S/C15H13BrF3N/c1-20-15(10-3-5-13(18)14(19)6-10)7-9-2-4-11(17)8-12(9)16/h2-6,8,15,20H,7H2,1H3. The summed E-state index contributed by atoms with van der Waals surface area (Å²) in [5, 5.41) is 3.05. The van der Waals surface area contributed by atoms with Crippen LogP contribution in [0.3, 0.4) is 0 Å². The Hall–Kier alpha value is -1.33. The lowest BCUT2D eigenvalue weighted by atomic mass is 9.99. The summed E-state index contributed by atoms with van der Waals surface area (Å²) in [7, 11) is 1.74. The van der Waals surface area contributed by atoms with E-state index >= 15 is 0 Å². The molecule has 0 aliphatic heterocycles. The zero-order valence-corrected chi connectivity index (χ0v) is 12.3. The Labute approximate surface area is 123 Å². The van der Waals surface area contributed by atoms with Crippen molar-refractivity contribution in [3.05, 3.63) is 69.4 Å².